The third-order valence-corrected chi connectivity index (χ3v) is 6.09. The number of nitrogens with zero attached hydrogens (tertiary/aromatic N) is 4. The summed E-state index contributed by atoms with van der Waals surface area (Å²) in [5.41, 5.74) is 3.42. The van der Waals surface area contributed by atoms with Crippen molar-refractivity contribution < 1.29 is 9.72 Å². The number of carbonyl (C=O) groups excluding carboxylic acids is 1. The minimum absolute atomic E-state index is 0.0407. The van der Waals surface area contributed by atoms with Gasteiger partial charge in [-0.1, -0.05) is 35.1 Å². The third kappa shape index (κ3) is 4.26. The summed E-state index contributed by atoms with van der Waals surface area (Å²) in [6.07, 6.45) is 1.64. The monoisotopic (exact) mass is 452 g/mol. The number of aryl methyl sites for hydroxylation is 2. The highest BCUT2D eigenvalue weighted by molar-refractivity contribution is 7.22. The molecule has 156 valence electrons. The Hall–Kier alpha value is -3.36. The first-order chi connectivity index (χ1) is 14.8. The molecular weight excluding hydrogens is 436 g/mol. The Labute approximate surface area is 187 Å². The number of aromatic nitrogens is 2. The van der Waals surface area contributed by atoms with E-state index >= 15 is 0 Å². The number of rotatable bonds is 5. The van der Waals surface area contributed by atoms with Crippen LogP contribution in [0.1, 0.15) is 27.2 Å². The number of thiazole rings is 1. The lowest BCUT2D eigenvalue weighted by Crippen LogP contribution is -2.31. The second kappa shape index (κ2) is 8.41. The summed E-state index contributed by atoms with van der Waals surface area (Å²) in [6, 6.07) is 13.3. The van der Waals surface area contributed by atoms with Gasteiger partial charge in [0.1, 0.15) is 0 Å². The van der Waals surface area contributed by atoms with Gasteiger partial charge < -0.3 is 0 Å². The van der Waals surface area contributed by atoms with Crippen LogP contribution >= 0.6 is 22.9 Å². The van der Waals surface area contributed by atoms with Crippen molar-refractivity contribution in [3.63, 3.8) is 0 Å². The van der Waals surface area contributed by atoms with E-state index < -0.39 is 10.8 Å². The summed E-state index contributed by atoms with van der Waals surface area (Å²) in [5, 5.41) is 11.8. The molecule has 7 nitrogen and oxygen atoms in total. The van der Waals surface area contributed by atoms with E-state index in [1.54, 1.807) is 18.3 Å². The highest BCUT2D eigenvalue weighted by atomic mass is 35.5. The Kier molecular flexibility index (Phi) is 5.67. The SMILES string of the molecule is Cc1cc(C)c2nc(N(Cc3ccccn3)C(=O)c3cc([N+](=O)[O-])ccc3Cl)sc2c1. The molecule has 0 saturated carbocycles. The Morgan fingerprint density at radius 2 is 2.00 bits per heavy atom. The number of carbonyl (C=O) groups is 1. The first-order valence-corrected chi connectivity index (χ1v) is 10.6. The number of amides is 1. The fourth-order valence-corrected chi connectivity index (χ4v) is 4.63. The first-order valence-electron chi connectivity index (χ1n) is 9.37. The van der Waals surface area contributed by atoms with Gasteiger partial charge in [-0.3, -0.25) is 24.8 Å². The van der Waals surface area contributed by atoms with E-state index in [0.717, 1.165) is 21.3 Å². The van der Waals surface area contributed by atoms with E-state index in [9.17, 15) is 14.9 Å². The standard InChI is InChI=1S/C22H17ClN4O3S/c1-13-9-14(2)20-19(10-13)31-22(25-20)26(12-15-5-3-4-8-24-15)21(28)17-11-16(27(29)30)6-7-18(17)23/h3-11H,12H2,1-2H3. The number of anilines is 1. The van der Waals surface area contributed by atoms with E-state index in [4.69, 9.17) is 16.6 Å². The van der Waals surface area contributed by atoms with Crippen molar-refractivity contribution in [1.29, 1.82) is 0 Å². The molecule has 0 atom stereocenters. The Bertz CT molecular complexity index is 1310. The van der Waals surface area contributed by atoms with Crippen LogP contribution in [0.3, 0.4) is 0 Å². The number of halogens is 1. The molecule has 0 bridgehead atoms. The molecule has 0 aliphatic heterocycles. The van der Waals surface area contributed by atoms with Crippen LogP contribution in [0, 0.1) is 24.0 Å². The van der Waals surface area contributed by atoms with E-state index in [0.29, 0.717) is 10.8 Å². The molecule has 0 aliphatic rings. The quantitative estimate of drug-likeness (QED) is 0.285. The third-order valence-electron chi connectivity index (χ3n) is 4.73. The lowest BCUT2D eigenvalue weighted by molar-refractivity contribution is -0.384. The fraction of sp³-hybridized carbons (Fsp3) is 0.136. The van der Waals surface area contributed by atoms with Gasteiger partial charge >= 0.3 is 0 Å². The molecule has 2 aromatic heterocycles. The summed E-state index contributed by atoms with van der Waals surface area (Å²) in [4.78, 5) is 34.7. The molecule has 0 radical (unpaired) electrons. The van der Waals surface area contributed by atoms with Crippen LogP contribution in [-0.2, 0) is 6.54 Å². The Morgan fingerprint density at radius 3 is 2.71 bits per heavy atom. The van der Waals surface area contributed by atoms with Crippen molar-refractivity contribution >= 4 is 49.9 Å². The molecule has 0 unspecified atom stereocenters. The fourth-order valence-electron chi connectivity index (χ4n) is 3.29. The van der Waals surface area contributed by atoms with Crippen molar-refractivity contribution in [3.05, 3.63) is 92.2 Å². The highest BCUT2D eigenvalue weighted by Crippen LogP contribution is 2.34. The van der Waals surface area contributed by atoms with Gasteiger partial charge in [0.25, 0.3) is 11.6 Å². The van der Waals surface area contributed by atoms with Gasteiger partial charge in [-0.25, -0.2) is 4.98 Å². The van der Waals surface area contributed by atoms with Gasteiger partial charge in [-0.15, -0.1) is 0 Å². The summed E-state index contributed by atoms with van der Waals surface area (Å²) in [5.74, 6) is -0.479. The zero-order valence-corrected chi connectivity index (χ0v) is 18.3. The molecule has 0 N–H and O–H groups in total. The van der Waals surface area contributed by atoms with Crippen molar-refractivity contribution in [2.45, 2.75) is 20.4 Å². The molecule has 0 aliphatic carbocycles. The lowest BCUT2D eigenvalue weighted by Gasteiger charge is -2.20. The predicted molar refractivity (Wildman–Crippen MR) is 122 cm³/mol. The maximum Gasteiger partial charge on any atom is 0.270 e. The summed E-state index contributed by atoms with van der Waals surface area (Å²) >= 11 is 7.63. The van der Waals surface area contributed by atoms with Gasteiger partial charge in [0.15, 0.2) is 5.13 Å². The normalized spacial score (nSPS) is 10.9. The number of nitro benzene ring substituents is 1. The number of hydrogen-bond acceptors (Lipinski definition) is 6. The van der Waals surface area contributed by atoms with Gasteiger partial charge in [-0.2, -0.15) is 0 Å². The molecule has 1 amide bonds. The molecule has 2 aromatic carbocycles. The second-order valence-electron chi connectivity index (χ2n) is 7.06. The van der Waals surface area contributed by atoms with Crippen molar-refractivity contribution in [2.75, 3.05) is 4.90 Å². The molecule has 9 heteroatoms. The lowest BCUT2D eigenvalue weighted by atomic mass is 10.1. The average Bonchev–Trinajstić information content (AvgIpc) is 3.16. The van der Waals surface area contributed by atoms with Gasteiger partial charge in [0.05, 0.1) is 38.0 Å². The number of hydrogen-bond donors (Lipinski definition) is 0. The van der Waals surface area contributed by atoms with Crippen molar-refractivity contribution in [3.8, 4) is 0 Å². The van der Waals surface area contributed by atoms with Crippen LogP contribution in [-0.4, -0.2) is 20.8 Å². The molecule has 0 fully saturated rings. The molecule has 31 heavy (non-hydrogen) atoms. The van der Waals surface area contributed by atoms with Gasteiger partial charge in [0.2, 0.25) is 0 Å². The first kappa shape index (κ1) is 20.9. The van der Waals surface area contributed by atoms with Crippen LogP contribution in [0.5, 0.6) is 0 Å². The van der Waals surface area contributed by atoms with E-state index in [1.165, 1.54) is 34.4 Å². The minimum atomic E-state index is -0.556. The topological polar surface area (TPSA) is 89.2 Å². The molecule has 0 spiro atoms. The smallest absolute Gasteiger partial charge is 0.270 e. The largest absolute Gasteiger partial charge is 0.278 e. The van der Waals surface area contributed by atoms with Gasteiger partial charge in [-0.05, 0) is 49.2 Å². The van der Waals surface area contributed by atoms with Crippen molar-refractivity contribution in [2.24, 2.45) is 0 Å². The van der Waals surface area contributed by atoms with E-state index in [1.807, 2.05) is 32.0 Å². The highest BCUT2D eigenvalue weighted by Gasteiger charge is 2.26. The summed E-state index contributed by atoms with van der Waals surface area (Å²) in [6.45, 7) is 4.13. The minimum Gasteiger partial charge on any atom is -0.278 e. The van der Waals surface area contributed by atoms with Crippen LogP contribution in [0.25, 0.3) is 10.2 Å². The molecule has 0 saturated heterocycles. The van der Waals surface area contributed by atoms with Crippen LogP contribution < -0.4 is 4.90 Å². The van der Waals surface area contributed by atoms with Crippen LogP contribution in [0.15, 0.2) is 54.7 Å². The molecule has 2 heterocycles. The molecule has 4 rings (SSSR count). The zero-order chi connectivity index (χ0) is 22.1. The maximum atomic E-state index is 13.5. The van der Waals surface area contributed by atoms with Gasteiger partial charge in [0, 0.05) is 18.3 Å². The number of fused-ring (bicyclic) bond motifs is 1. The predicted octanol–water partition coefficient (Wildman–Crippen LogP) is 5.72. The Balaban J connectivity index is 1.84. The van der Waals surface area contributed by atoms with Crippen LogP contribution in [0.2, 0.25) is 5.02 Å². The van der Waals surface area contributed by atoms with Crippen molar-refractivity contribution in [1.82, 2.24) is 9.97 Å². The second-order valence-corrected chi connectivity index (χ2v) is 8.47. The number of nitro groups is 1. The Morgan fingerprint density at radius 1 is 1.19 bits per heavy atom. The van der Waals surface area contributed by atoms with E-state index in [-0.39, 0.29) is 22.8 Å². The maximum absolute atomic E-state index is 13.5. The molecular formula is C22H17ClN4O3S. The number of benzene rings is 2. The number of non-ortho nitro benzene ring substituents is 1. The van der Waals surface area contributed by atoms with E-state index in [2.05, 4.69) is 4.98 Å². The zero-order valence-electron chi connectivity index (χ0n) is 16.7. The summed E-state index contributed by atoms with van der Waals surface area (Å²) in [7, 11) is 0. The van der Waals surface area contributed by atoms with Crippen LogP contribution in [0.4, 0.5) is 10.8 Å². The molecule has 4 aromatic rings. The average molecular weight is 453 g/mol. The summed E-state index contributed by atoms with van der Waals surface area (Å²) < 4.78 is 0.955. The number of pyridine rings is 1.